The second-order valence-electron chi connectivity index (χ2n) is 9.25. The van der Waals surface area contributed by atoms with Gasteiger partial charge in [-0.05, 0) is 57.1 Å². The lowest BCUT2D eigenvalue weighted by Gasteiger charge is -2.55. The van der Waals surface area contributed by atoms with Crippen LogP contribution in [0.4, 0.5) is 5.69 Å². The minimum atomic E-state index is -0.392. The third kappa shape index (κ3) is 5.02. The average Bonchev–Trinajstić information content (AvgIpc) is 2.76. The Morgan fingerprint density at radius 1 is 1.15 bits per heavy atom. The smallest absolute Gasteiger partial charge is 0.256 e. The first-order valence-corrected chi connectivity index (χ1v) is 12.0. The number of aryl methyl sites for hydroxylation is 1. The Morgan fingerprint density at radius 2 is 1.82 bits per heavy atom. The molecular weight excluding hydrogens is 438 g/mol. The Kier molecular flexibility index (Phi) is 6.96. The number of carbonyl (C=O) groups excluding carboxylic acids is 2. The summed E-state index contributed by atoms with van der Waals surface area (Å²) in [6.45, 7) is 4.31. The molecule has 2 fully saturated rings. The number of benzene rings is 2. The van der Waals surface area contributed by atoms with E-state index in [0.29, 0.717) is 28.1 Å². The highest BCUT2D eigenvalue weighted by atomic mass is 35.5. The molecule has 2 amide bonds. The number of nitrogens with zero attached hydrogens (tertiary/aromatic N) is 1. The number of fused-ring (bicyclic) bond motifs is 2. The third-order valence-electron chi connectivity index (χ3n) is 6.91. The van der Waals surface area contributed by atoms with Crippen molar-refractivity contribution in [3.8, 4) is 5.75 Å². The van der Waals surface area contributed by atoms with Gasteiger partial charge in [0.2, 0.25) is 5.91 Å². The highest BCUT2D eigenvalue weighted by molar-refractivity contribution is 6.34. The monoisotopic (exact) mass is 469 g/mol. The molecule has 0 atom stereocenters. The summed E-state index contributed by atoms with van der Waals surface area (Å²) >= 11 is 6.38. The summed E-state index contributed by atoms with van der Waals surface area (Å²) in [5.74, 6) is -0.0675. The molecule has 7 heteroatoms. The molecule has 2 aromatic carbocycles. The molecule has 2 heterocycles. The number of rotatable bonds is 6. The van der Waals surface area contributed by atoms with E-state index in [0.717, 1.165) is 45.1 Å². The van der Waals surface area contributed by atoms with Gasteiger partial charge < -0.3 is 15.4 Å². The minimum Gasteiger partial charge on any atom is -0.496 e. The highest BCUT2D eigenvalue weighted by Gasteiger charge is 2.47. The van der Waals surface area contributed by atoms with Gasteiger partial charge >= 0.3 is 0 Å². The van der Waals surface area contributed by atoms with E-state index in [9.17, 15) is 9.59 Å². The summed E-state index contributed by atoms with van der Waals surface area (Å²) in [6.07, 6.45) is 6.33. The molecule has 176 valence electrons. The zero-order valence-corrected chi connectivity index (χ0v) is 20.3. The second kappa shape index (κ2) is 9.74. The van der Waals surface area contributed by atoms with E-state index in [2.05, 4.69) is 46.7 Å². The molecule has 2 aromatic rings. The topological polar surface area (TPSA) is 70.7 Å². The fourth-order valence-electron chi connectivity index (χ4n) is 5.31. The molecule has 2 saturated heterocycles. The molecule has 0 aliphatic carbocycles. The van der Waals surface area contributed by atoms with Gasteiger partial charge in [0.05, 0.1) is 29.0 Å². The normalized spacial score (nSPS) is 22.5. The van der Waals surface area contributed by atoms with Crippen LogP contribution in [0.25, 0.3) is 0 Å². The van der Waals surface area contributed by atoms with Gasteiger partial charge in [0, 0.05) is 25.6 Å². The Balaban J connectivity index is 1.62. The predicted molar refractivity (Wildman–Crippen MR) is 131 cm³/mol. The molecular formula is C26H32ClN3O3. The van der Waals surface area contributed by atoms with E-state index in [4.69, 9.17) is 16.3 Å². The molecule has 0 radical (unpaired) electrons. The molecule has 33 heavy (non-hydrogen) atoms. The number of halogens is 1. The van der Waals surface area contributed by atoms with Gasteiger partial charge in [0.15, 0.2) is 0 Å². The van der Waals surface area contributed by atoms with Crippen LogP contribution in [-0.2, 0) is 11.3 Å². The summed E-state index contributed by atoms with van der Waals surface area (Å²) in [6, 6.07) is 12.3. The lowest BCUT2D eigenvalue weighted by Crippen LogP contribution is -2.67. The van der Waals surface area contributed by atoms with Gasteiger partial charge in [-0.3, -0.25) is 14.5 Å². The van der Waals surface area contributed by atoms with Gasteiger partial charge in [0.25, 0.3) is 5.91 Å². The molecule has 0 saturated carbocycles. The van der Waals surface area contributed by atoms with E-state index in [-0.39, 0.29) is 11.8 Å². The Labute approximate surface area is 200 Å². The summed E-state index contributed by atoms with van der Waals surface area (Å²) in [5.41, 5.74) is 2.90. The number of carbonyl (C=O) groups is 2. The molecule has 2 aliphatic rings. The number of hydrogen-bond donors (Lipinski definition) is 2. The van der Waals surface area contributed by atoms with Crippen molar-refractivity contribution in [3.63, 3.8) is 0 Å². The standard InChI is InChI=1S/C26H32ClN3O3/c1-17-8-10-19(11-9-17)16-30-20-6-4-12-26(30,13-5-7-20)29-25(32)21-14-22(27)23(28-18(2)31)15-24(21)33-3/h8-11,14-15,20H,4-7,12-13,16H2,1-3H3,(H,28,31)(H,29,32). The Bertz CT molecular complexity index is 1030. The number of nitrogens with one attached hydrogen (secondary N) is 2. The molecule has 2 bridgehead atoms. The van der Waals surface area contributed by atoms with Gasteiger partial charge in [-0.1, -0.05) is 41.4 Å². The number of anilines is 1. The molecule has 2 aliphatic heterocycles. The van der Waals surface area contributed by atoms with Crippen molar-refractivity contribution in [2.24, 2.45) is 0 Å². The maximum absolute atomic E-state index is 13.6. The summed E-state index contributed by atoms with van der Waals surface area (Å²) in [4.78, 5) is 27.5. The van der Waals surface area contributed by atoms with Crippen molar-refractivity contribution in [1.82, 2.24) is 10.2 Å². The average molecular weight is 470 g/mol. The van der Waals surface area contributed by atoms with E-state index < -0.39 is 5.66 Å². The number of piperidine rings is 2. The fraction of sp³-hybridized carbons (Fsp3) is 0.462. The van der Waals surface area contributed by atoms with Crippen molar-refractivity contribution >= 4 is 29.1 Å². The van der Waals surface area contributed by atoms with Crippen LogP contribution < -0.4 is 15.4 Å². The molecule has 6 nitrogen and oxygen atoms in total. The molecule has 0 aromatic heterocycles. The maximum Gasteiger partial charge on any atom is 0.256 e. The fourth-order valence-corrected chi connectivity index (χ4v) is 5.52. The van der Waals surface area contributed by atoms with Crippen LogP contribution in [-0.4, -0.2) is 35.5 Å². The van der Waals surface area contributed by atoms with E-state index in [1.807, 2.05) is 0 Å². The molecule has 4 rings (SSSR count). The second-order valence-corrected chi connectivity index (χ2v) is 9.66. The van der Waals surface area contributed by atoms with Crippen LogP contribution in [0.15, 0.2) is 36.4 Å². The summed E-state index contributed by atoms with van der Waals surface area (Å²) < 4.78 is 5.48. The zero-order valence-electron chi connectivity index (χ0n) is 19.5. The first kappa shape index (κ1) is 23.6. The number of amides is 2. The van der Waals surface area contributed by atoms with Gasteiger partial charge in [-0.2, -0.15) is 0 Å². The number of methoxy groups -OCH3 is 1. The molecule has 2 N–H and O–H groups in total. The van der Waals surface area contributed by atoms with Gasteiger partial charge in [-0.15, -0.1) is 0 Å². The molecule has 0 spiro atoms. The maximum atomic E-state index is 13.6. The zero-order chi connectivity index (χ0) is 23.6. The van der Waals surface area contributed by atoms with Crippen LogP contribution in [0, 0.1) is 6.92 Å². The molecule has 0 unspecified atom stereocenters. The van der Waals surface area contributed by atoms with Crippen LogP contribution in [0.1, 0.15) is 66.9 Å². The predicted octanol–water partition coefficient (Wildman–Crippen LogP) is 5.28. The van der Waals surface area contributed by atoms with Crippen LogP contribution >= 0.6 is 11.6 Å². The van der Waals surface area contributed by atoms with Crippen LogP contribution in [0.2, 0.25) is 5.02 Å². The highest BCUT2D eigenvalue weighted by Crippen LogP contribution is 2.42. The van der Waals surface area contributed by atoms with Crippen molar-refractivity contribution < 1.29 is 14.3 Å². The van der Waals surface area contributed by atoms with E-state index in [1.54, 1.807) is 12.1 Å². The lowest BCUT2D eigenvalue weighted by molar-refractivity contribution is -0.114. The van der Waals surface area contributed by atoms with Gasteiger partial charge in [-0.25, -0.2) is 0 Å². The van der Waals surface area contributed by atoms with Gasteiger partial charge in [0.1, 0.15) is 5.75 Å². The Morgan fingerprint density at radius 3 is 2.42 bits per heavy atom. The number of ether oxygens (including phenoxy) is 1. The van der Waals surface area contributed by atoms with Crippen molar-refractivity contribution in [1.29, 1.82) is 0 Å². The number of hydrogen-bond acceptors (Lipinski definition) is 4. The van der Waals surface area contributed by atoms with Crippen molar-refractivity contribution in [2.75, 3.05) is 12.4 Å². The van der Waals surface area contributed by atoms with E-state index >= 15 is 0 Å². The van der Waals surface area contributed by atoms with Crippen LogP contribution in [0.5, 0.6) is 5.75 Å². The summed E-state index contributed by atoms with van der Waals surface area (Å²) in [7, 11) is 1.51. The summed E-state index contributed by atoms with van der Waals surface area (Å²) in [5, 5.41) is 6.36. The minimum absolute atomic E-state index is 0.209. The van der Waals surface area contributed by atoms with Crippen molar-refractivity contribution in [3.05, 3.63) is 58.1 Å². The quantitative estimate of drug-likeness (QED) is 0.603. The first-order valence-electron chi connectivity index (χ1n) is 11.6. The first-order chi connectivity index (χ1) is 15.8. The van der Waals surface area contributed by atoms with E-state index in [1.165, 1.54) is 25.2 Å². The largest absolute Gasteiger partial charge is 0.496 e. The third-order valence-corrected chi connectivity index (χ3v) is 7.22. The SMILES string of the molecule is COc1cc(NC(C)=O)c(Cl)cc1C(=O)NC12CCCC(CCC1)N2Cc1ccc(C)cc1. The lowest BCUT2D eigenvalue weighted by atomic mass is 9.79. The van der Waals surface area contributed by atoms with Crippen molar-refractivity contribution in [2.45, 2.75) is 70.6 Å². The van der Waals surface area contributed by atoms with Crippen LogP contribution in [0.3, 0.4) is 0 Å². The Hall–Kier alpha value is -2.57.